The minimum atomic E-state index is 0.562. The third kappa shape index (κ3) is 3.23. The highest BCUT2D eigenvalue weighted by molar-refractivity contribution is 6.31. The maximum atomic E-state index is 8.82. The van der Waals surface area contributed by atoms with E-state index >= 15 is 0 Å². The van der Waals surface area contributed by atoms with Gasteiger partial charge in [0.15, 0.2) is 0 Å². The lowest BCUT2D eigenvalue weighted by molar-refractivity contribution is 0.416. The highest BCUT2D eigenvalue weighted by Gasteiger charge is 2.05. The van der Waals surface area contributed by atoms with Crippen molar-refractivity contribution >= 4 is 17.3 Å². The Balaban J connectivity index is 2.17. The molecule has 0 saturated heterocycles. The van der Waals surface area contributed by atoms with Crippen molar-refractivity contribution in [3.63, 3.8) is 0 Å². The van der Waals surface area contributed by atoms with Gasteiger partial charge < -0.3 is 10.1 Å². The molecule has 2 aromatic rings. The summed E-state index contributed by atoms with van der Waals surface area (Å²) in [5.74, 6) is 0.792. The van der Waals surface area contributed by atoms with E-state index in [-0.39, 0.29) is 0 Å². The number of methoxy groups -OCH3 is 1. The van der Waals surface area contributed by atoms with Gasteiger partial charge in [0.1, 0.15) is 5.75 Å². The molecular formula is C16H15ClN2O. The van der Waals surface area contributed by atoms with Crippen molar-refractivity contribution in [3.8, 4) is 11.8 Å². The first-order chi connectivity index (χ1) is 9.63. The highest BCUT2D eigenvalue weighted by atomic mass is 35.5. The van der Waals surface area contributed by atoms with Crippen LogP contribution in [0.5, 0.6) is 5.75 Å². The number of nitriles is 1. The van der Waals surface area contributed by atoms with Crippen molar-refractivity contribution in [2.45, 2.75) is 13.5 Å². The Morgan fingerprint density at radius 1 is 1.25 bits per heavy atom. The fourth-order valence-electron chi connectivity index (χ4n) is 1.91. The number of aryl methyl sites for hydroxylation is 1. The van der Waals surface area contributed by atoms with Gasteiger partial charge in [0.25, 0.3) is 0 Å². The molecule has 1 N–H and O–H groups in total. The molecule has 0 heterocycles. The Kier molecular flexibility index (Phi) is 4.49. The van der Waals surface area contributed by atoms with Gasteiger partial charge in [0, 0.05) is 11.6 Å². The van der Waals surface area contributed by atoms with Gasteiger partial charge in [-0.3, -0.25) is 0 Å². The van der Waals surface area contributed by atoms with Crippen LogP contribution in [0.3, 0.4) is 0 Å². The zero-order chi connectivity index (χ0) is 14.5. The van der Waals surface area contributed by atoms with Crippen LogP contribution in [0.1, 0.15) is 16.7 Å². The average molecular weight is 287 g/mol. The third-order valence-corrected chi connectivity index (χ3v) is 3.36. The summed E-state index contributed by atoms with van der Waals surface area (Å²) in [4.78, 5) is 0. The normalized spacial score (nSPS) is 9.90. The second-order valence-corrected chi connectivity index (χ2v) is 4.88. The van der Waals surface area contributed by atoms with Gasteiger partial charge >= 0.3 is 0 Å². The Bertz CT molecular complexity index is 662. The van der Waals surface area contributed by atoms with Crippen LogP contribution in [0, 0.1) is 18.3 Å². The molecule has 0 spiro atoms. The van der Waals surface area contributed by atoms with Crippen molar-refractivity contribution < 1.29 is 4.74 Å². The second kappa shape index (κ2) is 6.31. The molecule has 0 unspecified atom stereocenters. The number of rotatable bonds is 4. The highest BCUT2D eigenvalue weighted by Crippen LogP contribution is 2.26. The van der Waals surface area contributed by atoms with E-state index in [2.05, 4.69) is 11.4 Å². The van der Waals surface area contributed by atoms with E-state index in [0.29, 0.717) is 17.1 Å². The average Bonchev–Trinajstić information content (AvgIpc) is 2.46. The Morgan fingerprint density at radius 2 is 2.05 bits per heavy atom. The molecule has 0 fully saturated rings. The standard InChI is InChI=1S/C16H15ClN2O/c1-11-3-6-16(20-2)15(7-11)19-10-13-5-4-12(9-18)8-14(13)17/h3-8,19H,10H2,1-2H3. The van der Waals surface area contributed by atoms with E-state index in [1.165, 1.54) is 0 Å². The molecule has 2 aromatic carbocycles. The zero-order valence-electron chi connectivity index (χ0n) is 11.4. The SMILES string of the molecule is COc1ccc(C)cc1NCc1ccc(C#N)cc1Cl. The number of ether oxygens (including phenoxy) is 1. The molecule has 0 radical (unpaired) electrons. The fraction of sp³-hybridized carbons (Fsp3) is 0.188. The molecule has 2 rings (SSSR count). The van der Waals surface area contributed by atoms with E-state index in [9.17, 15) is 0 Å². The Morgan fingerprint density at radius 3 is 2.70 bits per heavy atom. The van der Waals surface area contributed by atoms with Crippen molar-refractivity contribution in [2.75, 3.05) is 12.4 Å². The minimum absolute atomic E-state index is 0.562. The van der Waals surface area contributed by atoms with Crippen LogP contribution in [0.4, 0.5) is 5.69 Å². The van der Waals surface area contributed by atoms with Crippen LogP contribution in [0.25, 0.3) is 0 Å². The molecule has 0 aliphatic carbocycles. The number of halogens is 1. The Hall–Kier alpha value is -2.18. The van der Waals surface area contributed by atoms with Crippen molar-refractivity contribution in [1.29, 1.82) is 5.26 Å². The lowest BCUT2D eigenvalue weighted by Crippen LogP contribution is -2.02. The van der Waals surface area contributed by atoms with Gasteiger partial charge in [-0.1, -0.05) is 23.7 Å². The van der Waals surface area contributed by atoms with Crippen molar-refractivity contribution in [1.82, 2.24) is 0 Å². The summed E-state index contributed by atoms with van der Waals surface area (Å²) >= 11 is 6.16. The molecular weight excluding hydrogens is 272 g/mol. The zero-order valence-corrected chi connectivity index (χ0v) is 12.2. The Labute approximate surface area is 123 Å². The summed E-state index contributed by atoms with van der Waals surface area (Å²) in [7, 11) is 1.64. The first kappa shape index (κ1) is 14.2. The van der Waals surface area contributed by atoms with Gasteiger partial charge in [-0.05, 0) is 42.3 Å². The predicted octanol–water partition coefficient (Wildman–Crippen LogP) is 4.14. The van der Waals surface area contributed by atoms with E-state index < -0.39 is 0 Å². The lowest BCUT2D eigenvalue weighted by Gasteiger charge is -2.13. The van der Waals surface area contributed by atoms with Crippen LogP contribution < -0.4 is 10.1 Å². The summed E-state index contributed by atoms with van der Waals surface area (Å²) in [6.45, 7) is 2.60. The monoisotopic (exact) mass is 286 g/mol. The van der Waals surface area contributed by atoms with Crippen LogP contribution in [-0.2, 0) is 6.54 Å². The van der Waals surface area contributed by atoms with Gasteiger partial charge in [0.2, 0.25) is 0 Å². The summed E-state index contributed by atoms with van der Waals surface area (Å²) in [5, 5.41) is 12.7. The van der Waals surface area contributed by atoms with E-state index in [1.54, 1.807) is 19.2 Å². The molecule has 0 bridgehead atoms. The minimum Gasteiger partial charge on any atom is -0.495 e. The first-order valence-corrected chi connectivity index (χ1v) is 6.59. The largest absolute Gasteiger partial charge is 0.495 e. The lowest BCUT2D eigenvalue weighted by atomic mass is 10.1. The third-order valence-electron chi connectivity index (χ3n) is 3.01. The number of hydrogen-bond donors (Lipinski definition) is 1. The summed E-state index contributed by atoms with van der Waals surface area (Å²) < 4.78 is 5.32. The number of anilines is 1. The number of hydrogen-bond acceptors (Lipinski definition) is 3. The molecule has 0 saturated carbocycles. The predicted molar refractivity (Wildman–Crippen MR) is 81.2 cm³/mol. The number of nitrogens with zero attached hydrogens (tertiary/aromatic N) is 1. The molecule has 0 atom stereocenters. The van der Waals surface area contributed by atoms with Crippen LogP contribution in [0.15, 0.2) is 36.4 Å². The smallest absolute Gasteiger partial charge is 0.141 e. The van der Waals surface area contributed by atoms with Crippen LogP contribution in [0.2, 0.25) is 5.02 Å². The maximum absolute atomic E-state index is 8.82. The summed E-state index contributed by atoms with van der Waals surface area (Å²) in [5.41, 5.74) is 3.58. The molecule has 0 aliphatic rings. The molecule has 0 aliphatic heterocycles. The van der Waals surface area contributed by atoms with Crippen LogP contribution >= 0.6 is 11.6 Å². The van der Waals surface area contributed by atoms with E-state index in [4.69, 9.17) is 21.6 Å². The molecule has 20 heavy (non-hydrogen) atoms. The molecule has 3 nitrogen and oxygen atoms in total. The molecule has 0 amide bonds. The van der Waals surface area contributed by atoms with E-state index in [0.717, 1.165) is 22.6 Å². The van der Waals surface area contributed by atoms with Gasteiger partial charge in [0.05, 0.1) is 24.4 Å². The van der Waals surface area contributed by atoms with Crippen molar-refractivity contribution in [3.05, 3.63) is 58.1 Å². The maximum Gasteiger partial charge on any atom is 0.141 e. The topological polar surface area (TPSA) is 45.0 Å². The first-order valence-electron chi connectivity index (χ1n) is 6.21. The number of benzene rings is 2. The van der Waals surface area contributed by atoms with E-state index in [1.807, 2.05) is 31.2 Å². The summed E-state index contributed by atoms with van der Waals surface area (Å²) in [6.07, 6.45) is 0. The van der Waals surface area contributed by atoms with Gasteiger partial charge in [-0.15, -0.1) is 0 Å². The quantitative estimate of drug-likeness (QED) is 0.919. The van der Waals surface area contributed by atoms with Crippen molar-refractivity contribution in [2.24, 2.45) is 0 Å². The molecule has 102 valence electrons. The molecule has 0 aromatic heterocycles. The van der Waals surface area contributed by atoms with Gasteiger partial charge in [-0.2, -0.15) is 5.26 Å². The summed E-state index contributed by atoms with van der Waals surface area (Å²) in [6, 6.07) is 13.3. The number of nitrogens with one attached hydrogen (secondary N) is 1. The fourth-order valence-corrected chi connectivity index (χ4v) is 2.16. The van der Waals surface area contributed by atoms with Crippen LogP contribution in [-0.4, -0.2) is 7.11 Å². The second-order valence-electron chi connectivity index (χ2n) is 4.48. The molecule has 4 heteroatoms. The van der Waals surface area contributed by atoms with Gasteiger partial charge in [-0.25, -0.2) is 0 Å².